The van der Waals surface area contributed by atoms with Gasteiger partial charge in [0.15, 0.2) is 0 Å². The van der Waals surface area contributed by atoms with E-state index in [1.807, 2.05) is 25.1 Å². The van der Waals surface area contributed by atoms with Crippen LogP contribution in [0.15, 0.2) is 53.0 Å². The third-order valence-electron chi connectivity index (χ3n) is 2.70. The smallest absolute Gasteiger partial charge is 0.336 e. The van der Waals surface area contributed by atoms with E-state index in [-0.39, 0.29) is 11.6 Å². The zero-order valence-corrected chi connectivity index (χ0v) is 13.5. The van der Waals surface area contributed by atoms with Crippen molar-refractivity contribution in [2.24, 2.45) is 0 Å². The molecule has 2 aromatic rings. The monoisotopic (exact) mass is 364 g/mol. The van der Waals surface area contributed by atoms with Gasteiger partial charge in [0.25, 0.3) is 0 Å². The summed E-state index contributed by atoms with van der Waals surface area (Å²) in [5.41, 5.74) is 0.757. The first-order valence-corrected chi connectivity index (χ1v) is 7.45. The van der Waals surface area contributed by atoms with E-state index < -0.39 is 5.97 Å². The second-order valence-electron chi connectivity index (χ2n) is 4.32. The van der Waals surface area contributed by atoms with Crippen molar-refractivity contribution in [2.45, 2.75) is 6.92 Å². The first-order valence-electron chi connectivity index (χ1n) is 6.66. The van der Waals surface area contributed by atoms with Gasteiger partial charge in [0, 0.05) is 16.1 Å². The molecular formula is C17H14BrFO3. The molecular weight excluding hydrogens is 351 g/mol. The maximum absolute atomic E-state index is 12.8. The highest BCUT2D eigenvalue weighted by molar-refractivity contribution is 9.10. The molecule has 0 bridgehead atoms. The Kier molecular flexibility index (Phi) is 5.72. The molecule has 0 spiro atoms. The van der Waals surface area contributed by atoms with Gasteiger partial charge in [-0.2, -0.15) is 0 Å². The topological polar surface area (TPSA) is 35.5 Å². The molecule has 0 N–H and O–H groups in total. The first-order chi connectivity index (χ1) is 10.6. The average Bonchev–Trinajstić information content (AvgIpc) is 2.50. The number of carbonyl (C=O) groups excluding carboxylic acids is 1. The predicted molar refractivity (Wildman–Crippen MR) is 86.4 cm³/mol. The maximum atomic E-state index is 12.8. The number of hydrogen-bond donors (Lipinski definition) is 0. The highest BCUT2D eigenvalue weighted by atomic mass is 79.9. The summed E-state index contributed by atoms with van der Waals surface area (Å²) in [5.74, 6) is 0.0340. The van der Waals surface area contributed by atoms with Crippen LogP contribution in [-0.4, -0.2) is 12.6 Å². The van der Waals surface area contributed by atoms with Crippen molar-refractivity contribution in [3.05, 3.63) is 64.4 Å². The first kappa shape index (κ1) is 16.2. The molecule has 114 valence electrons. The molecule has 22 heavy (non-hydrogen) atoms. The Morgan fingerprint density at radius 3 is 2.64 bits per heavy atom. The molecule has 0 aliphatic rings. The number of esters is 1. The van der Waals surface area contributed by atoms with Gasteiger partial charge in [-0.15, -0.1) is 0 Å². The average molecular weight is 365 g/mol. The fourth-order valence-corrected chi connectivity index (χ4v) is 2.13. The van der Waals surface area contributed by atoms with Crippen molar-refractivity contribution in [3.63, 3.8) is 0 Å². The summed E-state index contributed by atoms with van der Waals surface area (Å²) in [6.45, 7) is 2.42. The van der Waals surface area contributed by atoms with Gasteiger partial charge in [-0.25, -0.2) is 9.18 Å². The van der Waals surface area contributed by atoms with Crippen molar-refractivity contribution in [1.82, 2.24) is 0 Å². The van der Waals surface area contributed by atoms with Crippen LogP contribution in [0.4, 0.5) is 4.39 Å². The third-order valence-corrected chi connectivity index (χ3v) is 3.20. The zero-order chi connectivity index (χ0) is 15.9. The number of halogens is 2. The third kappa shape index (κ3) is 4.70. The summed E-state index contributed by atoms with van der Waals surface area (Å²) < 4.78 is 24.2. The van der Waals surface area contributed by atoms with Crippen LogP contribution in [0.2, 0.25) is 0 Å². The fraction of sp³-hybridized carbons (Fsp3) is 0.118. The van der Waals surface area contributed by atoms with E-state index in [1.165, 1.54) is 30.3 Å². The summed E-state index contributed by atoms with van der Waals surface area (Å²) >= 11 is 3.37. The van der Waals surface area contributed by atoms with Crippen LogP contribution in [0, 0.1) is 5.82 Å². The molecule has 0 aromatic heterocycles. The lowest BCUT2D eigenvalue weighted by atomic mass is 10.2. The van der Waals surface area contributed by atoms with Gasteiger partial charge >= 0.3 is 5.97 Å². The molecule has 2 rings (SSSR count). The summed E-state index contributed by atoms with van der Waals surface area (Å²) in [6.07, 6.45) is 2.91. The van der Waals surface area contributed by atoms with Crippen molar-refractivity contribution in [3.8, 4) is 11.5 Å². The Bertz CT molecular complexity index is 681. The normalized spacial score (nSPS) is 10.7. The molecule has 0 aliphatic carbocycles. The van der Waals surface area contributed by atoms with Gasteiger partial charge in [-0.1, -0.05) is 15.9 Å². The molecule has 5 heteroatoms. The molecule has 0 heterocycles. The number of benzene rings is 2. The van der Waals surface area contributed by atoms with E-state index in [4.69, 9.17) is 9.47 Å². The summed E-state index contributed by atoms with van der Waals surface area (Å²) in [6, 6.07) is 10.8. The lowest BCUT2D eigenvalue weighted by Crippen LogP contribution is -2.03. The predicted octanol–water partition coefficient (Wildman–Crippen LogP) is 4.61. The largest absolute Gasteiger partial charge is 0.493 e. The molecule has 2 aromatic carbocycles. The molecule has 0 unspecified atom stereocenters. The molecule has 0 radical (unpaired) electrons. The molecule has 3 nitrogen and oxygen atoms in total. The van der Waals surface area contributed by atoms with E-state index in [9.17, 15) is 9.18 Å². The molecule has 0 atom stereocenters. The minimum Gasteiger partial charge on any atom is -0.493 e. The second kappa shape index (κ2) is 7.75. The maximum Gasteiger partial charge on any atom is 0.336 e. The lowest BCUT2D eigenvalue weighted by Gasteiger charge is -2.07. The Morgan fingerprint density at radius 2 is 1.95 bits per heavy atom. The van der Waals surface area contributed by atoms with E-state index in [0.717, 1.165) is 10.0 Å². The van der Waals surface area contributed by atoms with Crippen LogP contribution in [0.25, 0.3) is 6.08 Å². The van der Waals surface area contributed by atoms with Gasteiger partial charge in [-0.05, 0) is 55.5 Å². The van der Waals surface area contributed by atoms with E-state index in [0.29, 0.717) is 12.4 Å². The van der Waals surface area contributed by atoms with Crippen LogP contribution in [-0.2, 0) is 4.79 Å². The Labute approximate surface area is 136 Å². The van der Waals surface area contributed by atoms with Gasteiger partial charge in [0.1, 0.15) is 17.3 Å². The highest BCUT2D eigenvalue weighted by Gasteiger charge is 2.04. The highest BCUT2D eigenvalue weighted by Crippen LogP contribution is 2.24. The molecule has 0 saturated carbocycles. The second-order valence-corrected chi connectivity index (χ2v) is 5.24. The van der Waals surface area contributed by atoms with Crippen LogP contribution in [0.5, 0.6) is 11.5 Å². The Balaban J connectivity index is 2.09. The lowest BCUT2D eigenvalue weighted by molar-refractivity contribution is -0.128. The van der Waals surface area contributed by atoms with Crippen LogP contribution in [0.3, 0.4) is 0 Å². The van der Waals surface area contributed by atoms with Gasteiger partial charge in [0.2, 0.25) is 0 Å². The zero-order valence-electron chi connectivity index (χ0n) is 11.9. The van der Waals surface area contributed by atoms with Crippen LogP contribution in [0.1, 0.15) is 12.5 Å². The SMILES string of the molecule is CCOc1ccc(Br)cc1/C=C/C(=O)Oc1ccc(F)cc1. The van der Waals surface area contributed by atoms with Gasteiger partial charge in [-0.3, -0.25) is 0 Å². The Hall–Kier alpha value is -2.14. The number of carbonyl (C=O) groups is 1. The van der Waals surface area contributed by atoms with Crippen molar-refractivity contribution in [1.29, 1.82) is 0 Å². The van der Waals surface area contributed by atoms with Gasteiger partial charge in [0.05, 0.1) is 6.61 Å². The van der Waals surface area contributed by atoms with Crippen molar-refractivity contribution in [2.75, 3.05) is 6.61 Å². The molecule has 0 aliphatic heterocycles. The van der Waals surface area contributed by atoms with Crippen LogP contribution < -0.4 is 9.47 Å². The minimum absolute atomic E-state index is 0.287. The number of ether oxygens (including phenoxy) is 2. The summed E-state index contributed by atoms with van der Waals surface area (Å²) in [7, 11) is 0. The van der Waals surface area contributed by atoms with Crippen molar-refractivity contribution < 1.29 is 18.7 Å². The van der Waals surface area contributed by atoms with E-state index >= 15 is 0 Å². The van der Waals surface area contributed by atoms with Gasteiger partial charge < -0.3 is 9.47 Å². The number of rotatable bonds is 5. The quantitative estimate of drug-likeness (QED) is 0.441. The number of hydrogen-bond acceptors (Lipinski definition) is 3. The molecule has 0 saturated heterocycles. The summed E-state index contributed by atoms with van der Waals surface area (Å²) in [5, 5.41) is 0. The Morgan fingerprint density at radius 1 is 1.23 bits per heavy atom. The molecule has 0 fully saturated rings. The standard InChI is InChI=1S/C17H14BrFO3/c1-2-21-16-9-4-13(18)11-12(16)3-10-17(20)22-15-7-5-14(19)6-8-15/h3-11H,2H2,1H3/b10-3+. The molecule has 0 amide bonds. The van der Waals surface area contributed by atoms with Crippen LogP contribution >= 0.6 is 15.9 Å². The van der Waals surface area contributed by atoms with Crippen molar-refractivity contribution >= 4 is 28.0 Å². The summed E-state index contributed by atoms with van der Waals surface area (Å²) in [4.78, 5) is 11.8. The minimum atomic E-state index is -0.547. The fourth-order valence-electron chi connectivity index (χ4n) is 1.75. The van der Waals surface area contributed by atoms with E-state index in [2.05, 4.69) is 15.9 Å². The van der Waals surface area contributed by atoms with E-state index in [1.54, 1.807) is 6.08 Å².